The van der Waals surface area contributed by atoms with Gasteiger partial charge in [0.25, 0.3) is 0 Å². The van der Waals surface area contributed by atoms with Crippen molar-refractivity contribution in [3.05, 3.63) is 47.5 Å². The number of carbonyl (C=O) groups is 2. The highest BCUT2D eigenvalue weighted by atomic mass is 16.6. The van der Waals surface area contributed by atoms with Crippen LogP contribution in [0.15, 0.2) is 30.3 Å². The highest BCUT2D eigenvalue weighted by Crippen LogP contribution is 2.20. The van der Waals surface area contributed by atoms with E-state index in [1.54, 1.807) is 18.7 Å². The van der Waals surface area contributed by atoms with E-state index in [4.69, 9.17) is 19.9 Å². The van der Waals surface area contributed by atoms with E-state index in [1.807, 2.05) is 34.9 Å². The minimum Gasteiger partial charge on any atom is -0.448 e. The average Bonchev–Trinajstić information content (AvgIpc) is 3.32. The maximum absolute atomic E-state index is 12.7. The maximum atomic E-state index is 12.7. The second-order valence-electron chi connectivity index (χ2n) is 9.86. The monoisotopic (exact) mass is 531 g/mol. The Morgan fingerprint density at radius 2 is 1.87 bits per heavy atom. The van der Waals surface area contributed by atoms with Crippen LogP contribution in [0.5, 0.6) is 0 Å². The van der Waals surface area contributed by atoms with Gasteiger partial charge in [-0.15, -0.1) is 10.2 Å². The molecule has 2 aromatic rings. The summed E-state index contributed by atoms with van der Waals surface area (Å²) in [5.41, 5.74) is 5.97. The van der Waals surface area contributed by atoms with Crippen molar-refractivity contribution in [1.82, 2.24) is 29.9 Å². The first-order chi connectivity index (χ1) is 17.8. The Labute approximate surface area is 224 Å². The first kappa shape index (κ1) is 29.5. The Kier molecular flexibility index (Phi) is 10.6. The van der Waals surface area contributed by atoms with Crippen LogP contribution in [-0.2, 0) is 38.7 Å². The number of amides is 2. The molecule has 3 N–H and O–H groups in total. The lowest BCUT2D eigenvalue weighted by molar-refractivity contribution is -0.126. The molecule has 1 aromatic heterocycles. The second kappa shape index (κ2) is 13.7. The number of morpholine rings is 1. The maximum Gasteiger partial charge on any atom is 0.410 e. The van der Waals surface area contributed by atoms with E-state index in [0.29, 0.717) is 57.7 Å². The molecule has 1 aromatic carbocycles. The second-order valence-corrected chi connectivity index (χ2v) is 9.86. The molecular formula is C26H41N7O5. The van der Waals surface area contributed by atoms with Crippen LogP contribution >= 0.6 is 0 Å². The van der Waals surface area contributed by atoms with Gasteiger partial charge in [0.15, 0.2) is 11.6 Å². The number of benzene rings is 1. The van der Waals surface area contributed by atoms with Crippen LogP contribution in [0.3, 0.4) is 0 Å². The first-order valence-electron chi connectivity index (χ1n) is 12.7. The smallest absolute Gasteiger partial charge is 0.410 e. The van der Waals surface area contributed by atoms with Crippen LogP contribution in [0.4, 0.5) is 4.79 Å². The van der Waals surface area contributed by atoms with Gasteiger partial charge < -0.3 is 29.8 Å². The van der Waals surface area contributed by atoms with Crippen molar-refractivity contribution in [3.63, 3.8) is 0 Å². The standard InChI is InChI=1S/C25H37N7O5.CH4/c1-25(2,26)23(33)27-20(18-36-17-19-6-4-3-5-7-19)22-29-28-21-16-31(8-9-32(21)22)24(34)37-15-12-30-10-13-35-14-11-30;/h3-7,20H,8-18,26H2,1-2H3,(H,27,33);1H4/t20-;/m1./s1. The number of nitrogens with two attached hydrogens (primary N) is 1. The molecule has 4 rings (SSSR count). The molecule has 0 bridgehead atoms. The van der Waals surface area contributed by atoms with E-state index in [2.05, 4.69) is 20.4 Å². The lowest BCUT2D eigenvalue weighted by Crippen LogP contribution is -2.51. The number of aromatic nitrogens is 3. The van der Waals surface area contributed by atoms with Crippen molar-refractivity contribution in [3.8, 4) is 0 Å². The highest BCUT2D eigenvalue weighted by Gasteiger charge is 2.32. The zero-order chi connectivity index (χ0) is 26.3. The minimum atomic E-state index is -1.07. The fourth-order valence-corrected chi connectivity index (χ4v) is 4.17. The lowest BCUT2D eigenvalue weighted by atomic mass is 10.1. The zero-order valence-electron chi connectivity index (χ0n) is 21.6. The van der Waals surface area contributed by atoms with Crippen molar-refractivity contribution in [2.45, 2.75) is 52.6 Å². The number of rotatable bonds is 10. The van der Waals surface area contributed by atoms with Crippen molar-refractivity contribution in [2.24, 2.45) is 5.73 Å². The van der Waals surface area contributed by atoms with Crippen molar-refractivity contribution < 1.29 is 23.8 Å². The number of nitrogens with one attached hydrogen (secondary N) is 1. The third kappa shape index (κ3) is 7.97. The Balaban J connectivity index is 0.00000400. The fraction of sp³-hybridized carbons (Fsp3) is 0.615. The quantitative estimate of drug-likeness (QED) is 0.465. The predicted octanol–water partition coefficient (Wildman–Crippen LogP) is 1.31. The summed E-state index contributed by atoms with van der Waals surface area (Å²) in [4.78, 5) is 29.2. The number of hydrogen-bond donors (Lipinski definition) is 2. The molecule has 210 valence electrons. The summed E-state index contributed by atoms with van der Waals surface area (Å²) in [7, 11) is 0. The molecule has 1 atom stereocenters. The third-order valence-corrected chi connectivity index (χ3v) is 6.38. The summed E-state index contributed by atoms with van der Waals surface area (Å²) in [6.07, 6.45) is -0.370. The summed E-state index contributed by atoms with van der Waals surface area (Å²) in [6.45, 7) is 9.21. The zero-order valence-corrected chi connectivity index (χ0v) is 21.6. The number of nitrogens with zero attached hydrogens (tertiary/aromatic N) is 5. The molecule has 0 spiro atoms. The SMILES string of the molecule is C.CC(C)(N)C(=O)N[C@H](COCc1ccccc1)c1nnc2n1CCN(C(=O)OCCN1CCOCC1)C2. The van der Waals surface area contributed by atoms with Gasteiger partial charge in [-0.1, -0.05) is 37.8 Å². The van der Waals surface area contributed by atoms with Gasteiger partial charge >= 0.3 is 6.09 Å². The Hall–Kier alpha value is -3.06. The van der Waals surface area contributed by atoms with Crippen LogP contribution in [0.1, 0.15) is 44.5 Å². The molecule has 12 heteroatoms. The molecule has 0 radical (unpaired) electrons. The van der Waals surface area contributed by atoms with E-state index in [0.717, 1.165) is 18.7 Å². The Morgan fingerprint density at radius 3 is 2.58 bits per heavy atom. The molecule has 2 aliphatic heterocycles. The van der Waals surface area contributed by atoms with E-state index in [1.165, 1.54) is 0 Å². The molecule has 2 amide bonds. The van der Waals surface area contributed by atoms with Gasteiger partial charge in [0.2, 0.25) is 5.91 Å². The number of carbonyl (C=O) groups excluding carboxylic acids is 2. The Bertz CT molecular complexity index is 1030. The van der Waals surface area contributed by atoms with Gasteiger partial charge in [-0.3, -0.25) is 14.6 Å². The minimum absolute atomic E-state index is 0. The average molecular weight is 532 g/mol. The highest BCUT2D eigenvalue weighted by molar-refractivity contribution is 5.85. The number of hydrogen-bond acceptors (Lipinski definition) is 9. The van der Waals surface area contributed by atoms with Crippen molar-refractivity contribution in [1.29, 1.82) is 0 Å². The van der Waals surface area contributed by atoms with Crippen LogP contribution in [-0.4, -0.2) is 94.7 Å². The van der Waals surface area contributed by atoms with E-state index in [-0.39, 0.29) is 32.6 Å². The van der Waals surface area contributed by atoms with Gasteiger partial charge in [0, 0.05) is 32.7 Å². The molecule has 0 saturated carbocycles. The topological polar surface area (TPSA) is 137 Å². The van der Waals surface area contributed by atoms with Gasteiger partial charge in [0.1, 0.15) is 12.6 Å². The summed E-state index contributed by atoms with van der Waals surface area (Å²) in [5.74, 6) is 0.876. The molecule has 38 heavy (non-hydrogen) atoms. The van der Waals surface area contributed by atoms with Gasteiger partial charge in [-0.25, -0.2) is 4.79 Å². The summed E-state index contributed by atoms with van der Waals surface area (Å²) < 4.78 is 18.7. The molecule has 1 saturated heterocycles. The molecule has 3 heterocycles. The lowest BCUT2D eigenvalue weighted by Gasteiger charge is -2.30. The first-order valence-corrected chi connectivity index (χ1v) is 12.7. The van der Waals surface area contributed by atoms with E-state index < -0.39 is 11.6 Å². The van der Waals surface area contributed by atoms with Crippen LogP contribution in [0.25, 0.3) is 0 Å². The third-order valence-electron chi connectivity index (χ3n) is 6.38. The van der Waals surface area contributed by atoms with Crippen LogP contribution in [0.2, 0.25) is 0 Å². The Morgan fingerprint density at radius 1 is 1.13 bits per heavy atom. The summed E-state index contributed by atoms with van der Waals surface area (Å²) in [5, 5.41) is 11.6. The molecular weight excluding hydrogens is 490 g/mol. The van der Waals surface area contributed by atoms with Crippen LogP contribution in [0, 0.1) is 0 Å². The molecule has 12 nitrogen and oxygen atoms in total. The summed E-state index contributed by atoms with van der Waals surface area (Å²) >= 11 is 0. The van der Waals surface area contributed by atoms with Crippen molar-refractivity contribution in [2.75, 3.05) is 52.6 Å². The van der Waals surface area contributed by atoms with Crippen LogP contribution < -0.4 is 11.1 Å². The number of fused-ring (bicyclic) bond motifs is 1. The van der Waals surface area contributed by atoms with Gasteiger partial charge in [0.05, 0.1) is 38.5 Å². The molecule has 2 aliphatic rings. The normalized spacial score (nSPS) is 16.8. The van der Waals surface area contributed by atoms with Crippen molar-refractivity contribution >= 4 is 12.0 Å². The van der Waals surface area contributed by atoms with Gasteiger partial charge in [-0.2, -0.15) is 0 Å². The van der Waals surface area contributed by atoms with Gasteiger partial charge in [-0.05, 0) is 19.4 Å². The molecule has 1 fully saturated rings. The molecule has 0 aliphatic carbocycles. The van der Waals surface area contributed by atoms with E-state index in [9.17, 15) is 9.59 Å². The summed E-state index contributed by atoms with van der Waals surface area (Å²) in [6, 6.07) is 9.25. The van der Waals surface area contributed by atoms with E-state index >= 15 is 0 Å². The number of ether oxygens (including phenoxy) is 3. The predicted molar refractivity (Wildman–Crippen MR) is 141 cm³/mol. The fourth-order valence-electron chi connectivity index (χ4n) is 4.17. The molecule has 0 unspecified atom stereocenters. The largest absolute Gasteiger partial charge is 0.448 e.